The number of para-hydroxylation sites is 1. The van der Waals surface area contributed by atoms with E-state index >= 15 is 0 Å². The molecule has 1 aromatic heterocycles. The Hall–Kier alpha value is -3.12. The molecule has 4 rings (SSSR count). The van der Waals surface area contributed by atoms with Crippen molar-refractivity contribution in [2.24, 2.45) is 0 Å². The molecule has 156 valence electrons. The van der Waals surface area contributed by atoms with Crippen LogP contribution in [0.3, 0.4) is 0 Å². The average molecular weight is 405 g/mol. The standard InChI is InChI=1S/C24H28N4O2/c1-30-20-12-9-19(10-13-20)11-14-23-25-24(21-7-3-4-8-22(21)29)28(26-23)18-17-27-15-5-2-6-16-27/h3-4,7-14,29H,2,5-6,15-18H2,1H3. The molecule has 0 radical (unpaired) electrons. The number of aromatic nitrogens is 3. The largest absolute Gasteiger partial charge is 0.507 e. The number of hydrogen-bond donors (Lipinski definition) is 1. The number of phenolic OH excluding ortho intramolecular Hbond substituents is 1. The molecule has 0 bridgehead atoms. The molecule has 1 aliphatic rings. The fourth-order valence-corrected chi connectivity index (χ4v) is 3.75. The number of rotatable bonds is 7. The number of likely N-dealkylation sites (tertiary alicyclic amines) is 1. The van der Waals surface area contributed by atoms with Crippen molar-refractivity contribution in [3.05, 3.63) is 59.9 Å². The lowest BCUT2D eigenvalue weighted by molar-refractivity contribution is 0.218. The molecule has 6 nitrogen and oxygen atoms in total. The zero-order valence-corrected chi connectivity index (χ0v) is 17.4. The van der Waals surface area contributed by atoms with Crippen LogP contribution in [0.1, 0.15) is 30.7 Å². The lowest BCUT2D eigenvalue weighted by atomic mass is 10.1. The highest BCUT2D eigenvalue weighted by molar-refractivity contribution is 5.69. The fraction of sp³-hybridized carbons (Fsp3) is 0.333. The molecule has 0 saturated carbocycles. The third kappa shape index (κ3) is 4.89. The van der Waals surface area contributed by atoms with E-state index in [0.29, 0.717) is 17.2 Å². The maximum atomic E-state index is 10.4. The van der Waals surface area contributed by atoms with Gasteiger partial charge in [0.05, 0.1) is 19.2 Å². The summed E-state index contributed by atoms with van der Waals surface area (Å²) in [6.45, 7) is 3.97. The van der Waals surface area contributed by atoms with E-state index in [-0.39, 0.29) is 5.75 Å². The van der Waals surface area contributed by atoms with Crippen LogP contribution in [-0.2, 0) is 6.54 Å². The monoisotopic (exact) mass is 404 g/mol. The van der Waals surface area contributed by atoms with Gasteiger partial charge < -0.3 is 14.7 Å². The summed E-state index contributed by atoms with van der Waals surface area (Å²) in [5.41, 5.74) is 1.75. The van der Waals surface area contributed by atoms with Crippen LogP contribution in [0.25, 0.3) is 23.5 Å². The van der Waals surface area contributed by atoms with E-state index in [0.717, 1.165) is 37.5 Å². The average Bonchev–Trinajstić information content (AvgIpc) is 3.20. The highest BCUT2D eigenvalue weighted by Gasteiger charge is 2.16. The van der Waals surface area contributed by atoms with Crippen LogP contribution in [0.15, 0.2) is 48.5 Å². The van der Waals surface area contributed by atoms with E-state index < -0.39 is 0 Å². The Morgan fingerprint density at radius 1 is 0.967 bits per heavy atom. The second kappa shape index (κ2) is 9.59. The molecule has 2 heterocycles. The normalized spacial score (nSPS) is 15.0. The summed E-state index contributed by atoms with van der Waals surface area (Å²) in [4.78, 5) is 7.19. The van der Waals surface area contributed by atoms with Crippen molar-refractivity contribution in [3.8, 4) is 22.9 Å². The Labute approximate surface area is 177 Å². The molecule has 1 fully saturated rings. The van der Waals surface area contributed by atoms with Crippen molar-refractivity contribution in [1.82, 2.24) is 19.7 Å². The van der Waals surface area contributed by atoms with Crippen LogP contribution in [0.2, 0.25) is 0 Å². The summed E-state index contributed by atoms with van der Waals surface area (Å²) in [5, 5.41) is 15.1. The Balaban J connectivity index is 1.57. The lowest BCUT2D eigenvalue weighted by Crippen LogP contribution is -2.32. The molecule has 1 aliphatic heterocycles. The molecule has 1 saturated heterocycles. The number of methoxy groups -OCH3 is 1. The third-order valence-electron chi connectivity index (χ3n) is 5.45. The van der Waals surface area contributed by atoms with E-state index in [9.17, 15) is 5.11 Å². The van der Waals surface area contributed by atoms with Gasteiger partial charge in [0.25, 0.3) is 0 Å². The van der Waals surface area contributed by atoms with Gasteiger partial charge in [0.2, 0.25) is 0 Å². The summed E-state index contributed by atoms with van der Waals surface area (Å²) in [5.74, 6) is 2.37. The zero-order chi connectivity index (χ0) is 20.8. The van der Waals surface area contributed by atoms with Gasteiger partial charge in [-0.2, -0.15) is 5.10 Å². The number of piperidine rings is 1. The maximum Gasteiger partial charge on any atom is 0.174 e. The van der Waals surface area contributed by atoms with Crippen molar-refractivity contribution in [3.63, 3.8) is 0 Å². The molecule has 0 aliphatic carbocycles. The Bertz CT molecular complexity index is 989. The van der Waals surface area contributed by atoms with Gasteiger partial charge in [-0.15, -0.1) is 0 Å². The number of hydrogen-bond acceptors (Lipinski definition) is 5. The smallest absolute Gasteiger partial charge is 0.174 e. The maximum absolute atomic E-state index is 10.4. The fourth-order valence-electron chi connectivity index (χ4n) is 3.75. The van der Waals surface area contributed by atoms with E-state index in [1.165, 1.54) is 19.3 Å². The molecule has 6 heteroatoms. The van der Waals surface area contributed by atoms with Crippen molar-refractivity contribution < 1.29 is 9.84 Å². The quantitative estimate of drug-likeness (QED) is 0.636. The number of benzene rings is 2. The Morgan fingerprint density at radius 3 is 2.47 bits per heavy atom. The Kier molecular flexibility index (Phi) is 6.44. The zero-order valence-electron chi connectivity index (χ0n) is 17.4. The topological polar surface area (TPSA) is 63.4 Å². The molecule has 0 amide bonds. The minimum atomic E-state index is 0.217. The first-order chi connectivity index (χ1) is 14.7. The first kappa shape index (κ1) is 20.2. The van der Waals surface area contributed by atoms with Crippen molar-refractivity contribution in [1.29, 1.82) is 0 Å². The summed E-state index contributed by atoms with van der Waals surface area (Å²) >= 11 is 0. The SMILES string of the molecule is COc1ccc(C=Cc2nc(-c3ccccc3O)n(CCN3CCCCC3)n2)cc1. The molecule has 0 unspecified atom stereocenters. The van der Waals surface area contributed by atoms with Crippen LogP contribution >= 0.6 is 0 Å². The second-order valence-electron chi connectivity index (χ2n) is 7.54. The number of nitrogens with zero attached hydrogens (tertiary/aromatic N) is 4. The van der Waals surface area contributed by atoms with Crippen LogP contribution in [-0.4, -0.2) is 51.5 Å². The summed E-state index contributed by atoms with van der Waals surface area (Å²) in [6, 6.07) is 15.1. The van der Waals surface area contributed by atoms with E-state index in [1.54, 1.807) is 13.2 Å². The summed E-state index contributed by atoms with van der Waals surface area (Å²) < 4.78 is 7.12. The predicted octanol–water partition coefficient (Wildman–Crippen LogP) is 4.32. The minimum Gasteiger partial charge on any atom is -0.507 e. The molecule has 30 heavy (non-hydrogen) atoms. The molecule has 0 spiro atoms. The first-order valence-electron chi connectivity index (χ1n) is 10.5. The van der Waals surface area contributed by atoms with Gasteiger partial charge in [-0.25, -0.2) is 9.67 Å². The summed E-state index contributed by atoms with van der Waals surface area (Å²) in [7, 11) is 1.66. The number of phenols is 1. The van der Waals surface area contributed by atoms with Crippen molar-refractivity contribution >= 4 is 12.2 Å². The van der Waals surface area contributed by atoms with Gasteiger partial charge in [-0.05, 0) is 61.8 Å². The van der Waals surface area contributed by atoms with Gasteiger partial charge in [0.1, 0.15) is 11.5 Å². The molecular weight excluding hydrogens is 376 g/mol. The predicted molar refractivity (Wildman–Crippen MR) is 119 cm³/mol. The van der Waals surface area contributed by atoms with Crippen molar-refractivity contribution in [2.75, 3.05) is 26.7 Å². The molecule has 1 N–H and O–H groups in total. The molecule has 3 aromatic rings. The van der Waals surface area contributed by atoms with Gasteiger partial charge >= 0.3 is 0 Å². The van der Waals surface area contributed by atoms with Crippen LogP contribution in [0.4, 0.5) is 0 Å². The highest BCUT2D eigenvalue weighted by Crippen LogP contribution is 2.27. The summed E-state index contributed by atoms with van der Waals surface area (Å²) in [6.07, 6.45) is 7.74. The minimum absolute atomic E-state index is 0.217. The van der Waals surface area contributed by atoms with Gasteiger partial charge in [-0.3, -0.25) is 0 Å². The molecular formula is C24H28N4O2. The lowest BCUT2D eigenvalue weighted by Gasteiger charge is -2.26. The molecule has 2 aromatic carbocycles. The number of aromatic hydroxyl groups is 1. The van der Waals surface area contributed by atoms with E-state index in [1.807, 2.05) is 59.3 Å². The number of ether oxygens (including phenoxy) is 1. The van der Waals surface area contributed by atoms with Crippen LogP contribution in [0, 0.1) is 0 Å². The second-order valence-corrected chi connectivity index (χ2v) is 7.54. The third-order valence-corrected chi connectivity index (χ3v) is 5.45. The van der Waals surface area contributed by atoms with Gasteiger partial charge in [0, 0.05) is 6.54 Å². The van der Waals surface area contributed by atoms with Crippen LogP contribution in [0.5, 0.6) is 11.5 Å². The van der Waals surface area contributed by atoms with Gasteiger partial charge in [0.15, 0.2) is 11.6 Å². The van der Waals surface area contributed by atoms with Crippen LogP contribution < -0.4 is 4.74 Å². The highest BCUT2D eigenvalue weighted by atomic mass is 16.5. The Morgan fingerprint density at radius 2 is 1.73 bits per heavy atom. The van der Waals surface area contributed by atoms with E-state index in [4.69, 9.17) is 14.8 Å². The first-order valence-corrected chi connectivity index (χ1v) is 10.5. The van der Waals surface area contributed by atoms with Crippen molar-refractivity contribution in [2.45, 2.75) is 25.8 Å². The van der Waals surface area contributed by atoms with E-state index in [2.05, 4.69) is 4.90 Å². The molecule has 0 atom stereocenters. The van der Waals surface area contributed by atoms with Gasteiger partial charge in [-0.1, -0.05) is 36.8 Å².